The number of carbonyl (C=O) groups excluding carboxylic acids is 1. The quantitative estimate of drug-likeness (QED) is 0.716. The van der Waals surface area contributed by atoms with Crippen molar-refractivity contribution >= 4 is 17.5 Å². The number of hydrogen-bond acceptors (Lipinski definition) is 5. The van der Waals surface area contributed by atoms with Crippen LogP contribution in [-0.2, 0) is 0 Å². The zero-order valence-corrected chi connectivity index (χ0v) is 15.7. The first kappa shape index (κ1) is 18.1. The van der Waals surface area contributed by atoms with Gasteiger partial charge in [-0.15, -0.1) is 5.10 Å². The van der Waals surface area contributed by atoms with E-state index in [-0.39, 0.29) is 23.6 Å². The fraction of sp³-hybridized carbons (Fsp3) is 0.353. The Bertz CT molecular complexity index is 931. The minimum Gasteiger partial charge on any atom is -0.340 e. The maximum absolute atomic E-state index is 12.8. The van der Waals surface area contributed by atoms with E-state index in [1.54, 1.807) is 25.1 Å². The Balaban J connectivity index is 1.85. The van der Waals surface area contributed by atoms with E-state index in [9.17, 15) is 4.79 Å². The van der Waals surface area contributed by atoms with Crippen molar-refractivity contribution in [3.8, 4) is 5.69 Å². The van der Waals surface area contributed by atoms with Gasteiger partial charge >= 0.3 is 0 Å². The van der Waals surface area contributed by atoms with Gasteiger partial charge in [0.2, 0.25) is 0 Å². The summed E-state index contributed by atoms with van der Waals surface area (Å²) < 4.78 is 0. The number of hydrogen-bond donors (Lipinski definition) is 2. The zero-order valence-electron chi connectivity index (χ0n) is 15.0. The van der Waals surface area contributed by atoms with E-state index >= 15 is 0 Å². The molecule has 136 valence electrons. The molecule has 2 aromatic heterocycles. The molecule has 0 aliphatic carbocycles. The number of nitrogens with one attached hydrogen (secondary N) is 2. The minimum atomic E-state index is -0.330. The number of rotatable bonds is 5. The highest BCUT2D eigenvalue weighted by molar-refractivity contribution is 6.30. The highest BCUT2D eigenvalue weighted by atomic mass is 35.5. The Morgan fingerprint density at radius 2 is 2.04 bits per heavy atom. The molecule has 9 heteroatoms. The number of H-pyrrole nitrogens is 1. The minimum absolute atomic E-state index is 0.109. The summed E-state index contributed by atoms with van der Waals surface area (Å²) in [7, 11) is 0. The second-order valence-corrected chi connectivity index (χ2v) is 6.81. The van der Waals surface area contributed by atoms with E-state index in [0.717, 1.165) is 0 Å². The van der Waals surface area contributed by atoms with Crippen LogP contribution in [0.4, 0.5) is 0 Å². The molecule has 26 heavy (non-hydrogen) atoms. The third kappa shape index (κ3) is 3.75. The highest BCUT2D eigenvalue weighted by Gasteiger charge is 2.25. The summed E-state index contributed by atoms with van der Waals surface area (Å²) >= 11 is 6.01. The molecule has 0 saturated heterocycles. The standard InChI is InChI=1S/C17H20ClN7O/c1-9(2)14(16-19-11(4)21-22-16)20-17(26)15-10(3)23-25(24-15)13-7-5-6-12(18)8-13/h5-9,14H,1-4H3,(H,20,26)(H,19,21,22). The smallest absolute Gasteiger partial charge is 0.274 e. The lowest BCUT2D eigenvalue weighted by atomic mass is 10.0. The van der Waals surface area contributed by atoms with Gasteiger partial charge in [0.15, 0.2) is 11.5 Å². The lowest BCUT2D eigenvalue weighted by Gasteiger charge is -2.18. The van der Waals surface area contributed by atoms with Crippen molar-refractivity contribution in [1.82, 2.24) is 35.5 Å². The first-order valence-electron chi connectivity index (χ1n) is 8.25. The van der Waals surface area contributed by atoms with Gasteiger partial charge in [0.05, 0.1) is 17.4 Å². The second-order valence-electron chi connectivity index (χ2n) is 6.38. The van der Waals surface area contributed by atoms with E-state index < -0.39 is 0 Å². The van der Waals surface area contributed by atoms with E-state index in [2.05, 4.69) is 30.7 Å². The molecule has 1 amide bonds. The van der Waals surface area contributed by atoms with E-state index in [1.807, 2.05) is 26.8 Å². The van der Waals surface area contributed by atoms with Crippen molar-refractivity contribution in [2.24, 2.45) is 5.92 Å². The molecule has 0 aliphatic rings. The first-order chi connectivity index (χ1) is 12.3. The maximum Gasteiger partial charge on any atom is 0.274 e. The second kappa shape index (κ2) is 7.25. The SMILES string of the molecule is Cc1nc(C(NC(=O)c2nn(-c3cccc(Cl)c3)nc2C)C(C)C)n[nH]1. The normalized spacial score (nSPS) is 12.4. The Labute approximate surface area is 156 Å². The molecule has 8 nitrogen and oxygen atoms in total. The number of nitrogens with zero attached hydrogens (tertiary/aromatic N) is 5. The summed E-state index contributed by atoms with van der Waals surface area (Å²) in [6.07, 6.45) is 0. The van der Waals surface area contributed by atoms with Crippen molar-refractivity contribution in [3.05, 3.63) is 52.3 Å². The van der Waals surface area contributed by atoms with Crippen LogP contribution < -0.4 is 5.32 Å². The number of aromatic amines is 1. The van der Waals surface area contributed by atoms with Gasteiger partial charge in [-0.3, -0.25) is 9.89 Å². The largest absolute Gasteiger partial charge is 0.340 e. The van der Waals surface area contributed by atoms with Crippen molar-refractivity contribution in [1.29, 1.82) is 0 Å². The molecule has 0 aliphatic heterocycles. The van der Waals surface area contributed by atoms with Crippen LogP contribution in [0.2, 0.25) is 5.02 Å². The molecule has 3 rings (SSSR count). The van der Waals surface area contributed by atoms with Crippen LogP contribution >= 0.6 is 11.6 Å². The number of benzene rings is 1. The number of aryl methyl sites for hydroxylation is 2. The van der Waals surface area contributed by atoms with E-state index in [4.69, 9.17) is 11.6 Å². The number of carbonyl (C=O) groups is 1. The van der Waals surface area contributed by atoms with Gasteiger partial charge in [-0.2, -0.15) is 15.0 Å². The topological polar surface area (TPSA) is 101 Å². The van der Waals surface area contributed by atoms with Crippen LogP contribution in [0.25, 0.3) is 5.69 Å². The molecule has 0 radical (unpaired) electrons. The first-order valence-corrected chi connectivity index (χ1v) is 8.62. The van der Waals surface area contributed by atoms with Crippen LogP contribution in [-0.4, -0.2) is 36.1 Å². The average molecular weight is 374 g/mol. The maximum atomic E-state index is 12.8. The predicted octanol–water partition coefficient (Wildman–Crippen LogP) is 2.78. The average Bonchev–Trinajstić information content (AvgIpc) is 3.18. The van der Waals surface area contributed by atoms with Crippen molar-refractivity contribution in [3.63, 3.8) is 0 Å². The van der Waals surface area contributed by atoms with Gasteiger partial charge in [-0.25, -0.2) is 4.98 Å². The molecule has 0 spiro atoms. The molecule has 1 atom stereocenters. The molecular weight excluding hydrogens is 354 g/mol. The lowest BCUT2D eigenvalue weighted by molar-refractivity contribution is 0.0917. The van der Waals surface area contributed by atoms with Gasteiger partial charge < -0.3 is 5.32 Å². The fourth-order valence-corrected chi connectivity index (χ4v) is 2.73. The van der Waals surface area contributed by atoms with Gasteiger partial charge in [0, 0.05) is 5.02 Å². The predicted molar refractivity (Wildman–Crippen MR) is 97.3 cm³/mol. The summed E-state index contributed by atoms with van der Waals surface area (Å²) in [5, 5.41) is 19.1. The molecule has 3 aromatic rings. The zero-order chi connectivity index (χ0) is 18.8. The van der Waals surface area contributed by atoms with E-state index in [1.165, 1.54) is 4.80 Å². The van der Waals surface area contributed by atoms with Crippen molar-refractivity contribution in [2.75, 3.05) is 0 Å². The summed E-state index contributed by atoms with van der Waals surface area (Å²) in [5.74, 6) is 1.03. The molecule has 2 N–H and O–H groups in total. The highest BCUT2D eigenvalue weighted by Crippen LogP contribution is 2.19. The summed E-state index contributed by atoms with van der Waals surface area (Å²) in [6.45, 7) is 7.54. The summed E-state index contributed by atoms with van der Waals surface area (Å²) in [5.41, 5.74) is 1.46. The van der Waals surface area contributed by atoms with Crippen molar-refractivity contribution in [2.45, 2.75) is 33.7 Å². The molecule has 0 fully saturated rings. The Hall–Kier alpha value is -2.74. The van der Waals surface area contributed by atoms with Crippen molar-refractivity contribution < 1.29 is 4.79 Å². The number of amides is 1. The summed E-state index contributed by atoms with van der Waals surface area (Å²) in [6, 6.07) is 6.79. The summed E-state index contributed by atoms with van der Waals surface area (Å²) in [4.78, 5) is 18.5. The Morgan fingerprint density at radius 1 is 1.27 bits per heavy atom. The molecule has 1 unspecified atom stereocenters. The van der Waals surface area contributed by atoms with Gasteiger partial charge in [-0.1, -0.05) is 31.5 Å². The molecule has 0 bridgehead atoms. The van der Waals surface area contributed by atoms with Crippen LogP contribution in [0.1, 0.15) is 47.7 Å². The number of aromatic nitrogens is 6. The third-order valence-electron chi connectivity index (χ3n) is 3.88. The number of halogens is 1. The van der Waals surface area contributed by atoms with Crippen LogP contribution in [0.15, 0.2) is 24.3 Å². The lowest BCUT2D eigenvalue weighted by Crippen LogP contribution is -2.33. The fourth-order valence-electron chi connectivity index (χ4n) is 2.54. The van der Waals surface area contributed by atoms with E-state index in [0.29, 0.717) is 28.1 Å². The van der Waals surface area contributed by atoms with Crippen LogP contribution in [0, 0.1) is 19.8 Å². The molecule has 1 aromatic carbocycles. The molecule has 2 heterocycles. The Kier molecular flexibility index (Phi) is 5.03. The monoisotopic (exact) mass is 373 g/mol. The van der Waals surface area contributed by atoms with Gasteiger partial charge in [0.1, 0.15) is 5.82 Å². The molecular formula is C17H20ClN7O. The van der Waals surface area contributed by atoms with Gasteiger partial charge in [0.25, 0.3) is 5.91 Å². The van der Waals surface area contributed by atoms with Crippen LogP contribution in [0.3, 0.4) is 0 Å². The molecule has 0 saturated carbocycles. The third-order valence-corrected chi connectivity index (χ3v) is 4.12. The van der Waals surface area contributed by atoms with Crippen LogP contribution in [0.5, 0.6) is 0 Å². The Morgan fingerprint density at radius 3 is 2.65 bits per heavy atom. The van der Waals surface area contributed by atoms with Gasteiger partial charge in [-0.05, 0) is 38.0 Å².